The van der Waals surface area contributed by atoms with Crippen LogP contribution in [-0.2, 0) is 0 Å². The number of halogens is 1. The van der Waals surface area contributed by atoms with Gasteiger partial charge in [0, 0.05) is 6.42 Å². The number of hydrogen-bond donors (Lipinski definition) is 2. The van der Waals surface area contributed by atoms with E-state index in [1.807, 2.05) is 0 Å². The summed E-state index contributed by atoms with van der Waals surface area (Å²) in [7, 11) is 0. The molecule has 0 amide bonds. The molecule has 14 heavy (non-hydrogen) atoms. The molecule has 0 spiro atoms. The number of carbonyl (C=O) groups is 1. The Kier molecular flexibility index (Phi) is 3.19. The maximum absolute atomic E-state index is 13.0. The van der Waals surface area contributed by atoms with Crippen LogP contribution in [0, 0.1) is 12.7 Å². The second-order valence-corrected chi connectivity index (χ2v) is 3.10. The molecule has 0 radical (unpaired) electrons. The highest BCUT2D eigenvalue weighted by molar-refractivity contribution is 5.98. The van der Waals surface area contributed by atoms with Gasteiger partial charge in [-0.3, -0.25) is 4.79 Å². The van der Waals surface area contributed by atoms with Crippen molar-refractivity contribution in [3.8, 4) is 5.75 Å². The first-order valence-electron chi connectivity index (χ1n) is 4.28. The van der Waals surface area contributed by atoms with Crippen molar-refractivity contribution in [2.45, 2.75) is 13.3 Å². The molecule has 3 nitrogen and oxygen atoms in total. The van der Waals surface area contributed by atoms with E-state index in [9.17, 15) is 14.3 Å². The van der Waals surface area contributed by atoms with Gasteiger partial charge in [0.1, 0.15) is 0 Å². The molecular weight excluding hydrogens is 185 g/mol. The summed E-state index contributed by atoms with van der Waals surface area (Å²) in [4.78, 5) is 11.4. The van der Waals surface area contributed by atoms with E-state index in [4.69, 9.17) is 5.73 Å². The largest absolute Gasteiger partial charge is 0.504 e. The van der Waals surface area contributed by atoms with Gasteiger partial charge < -0.3 is 10.8 Å². The van der Waals surface area contributed by atoms with Crippen LogP contribution >= 0.6 is 0 Å². The van der Waals surface area contributed by atoms with E-state index in [0.717, 1.165) is 0 Å². The van der Waals surface area contributed by atoms with Crippen LogP contribution in [0.25, 0.3) is 0 Å². The van der Waals surface area contributed by atoms with Gasteiger partial charge in [-0.1, -0.05) is 0 Å². The molecule has 0 saturated carbocycles. The quantitative estimate of drug-likeness (QED) is 0.719. The zero-order chi connectivity index (χ0) is 10.7. The van der Waals surface area contributed by atoms with Gasteiger partial charge in [-0.15, -0.1) is 0 Å². The van der Waals surface area contributed by atoms with Crippen LogP contribution < -0.4 is 5.73 Å². The molecule has 0 aliphatic carbocycles. The Labute approximate surface area is 81.4 Å². The van der Waals surface area contributed by atoms with Crippen molar-refractivity contribution in [1.29, 1.82) is 0 Å². The predicted molar refractivity (Wildman–Crippen MR) is 50.8 cm³/mol. The predicted octanol–water partition coefficient (Wildman–Crippen LogP) is 1.37. The van der Waals surface area contributed by atoms with Gasteiger partial charge in [-0.25, -0.2) is 4.39 Å². The van der Waals surface area contributed by atoms with Gasteiger partial charge in [-0.05, 0) is 31.2 Å². The van der Waals surface area contributed by atoms with Crippen LogP contribution in [0.15, 0.2) is 12.1 Å². The molecule has 0 aliphatic rings. The van der Waals surface area contributed by atoms with Crippen LogP contribution in [0.5, 0.6) is 5.75 Å². The fourth-order valence-corrected chi connectivity index (χ4v) is 1.21. The summed E-state index contributed by atoms with van der Waals surface area (Å²) < 4.78 is 13.0. The average Bonchev–Trinajstić information content (AvgIpc) is 2.11. The minimum absolute atomic E-state index is 0.00736. The molecule has 0 bridgehead atoms. The Morgan fingerprint density at radius 1 is 1.57 bits per heavy atom. The maximum atomic E-state index is 13.0. The SMILES string of the molecule is Cc1cc(F)c(O)c(C(=O)CCN)c1. The lowest BCUT2D eigenvalue weighted by Gasteiger charge is -2.05. The standard InChI is InChI=1S/C10H12FNO2/c1-6-4-7(9(13)2-3-12)10(14)8(11)5-6/h4-5,14H,2-3,12H2,1H3. The lowest BCUT2D eigenvalue weighted by atomic mass is 10.0. The Balaban J connectivity index is 3.13. The van der Waals surface area contributed by atoms with Crippen LogP contribution in [0.1, 0.15) is 22.3 Å². The van der Waals surface area contributed by atoms with Gasteiger partial charge in [-0.2, -0.15) is 0 Å². The zero-order valence-electron chi connectivity index (χ0n) is 7.88. The van der Waals surface area contributed by atoms with Crippen LogP contribution in [0.3, 0.4) is 0 Å². The van der Waals surface area contributed by atoms with E-state index in [1.54, 1.807) is 6.92 Å². The average molecular weight is 197 g/mol. The van der Waals surface area contributed by atoms with Crippen molar-refractivity contribution in [2.24, 2.45) is 5.73 Å². The van der Waals surface area contributed by atoms with Crippen molar-refractivity contribution >= 4 is 5.78 Å². The number of aromatic hydroxyl groups is 1. The van der Waals surface area contributed by atoms with E-state index in [-0.39, 0.29) is 24.3 Å². The molecule has 0 saturated heterocycles. The highest BCUT2D eigenvalue weighted by Gasteiger charge is 2.14. The highest BCUT2D eigenvalue weighted by Crippen LogP contribution is 2.23. The van der Waals surface area contributed by atoms with Crippen molar-refractivity contribution in [1.82, 2.24) is 0 Å². The number of rotatable bonds is 3. The molecule has 4 heteroatoms. The molecular formula is C10H12FNO2. The number of carbonyl (C=O) groups excluding carboxylic acids is 1. The smallest absolute Gasteiger partial charge is 0.167 e. The molecule has 76 valence electrons. The van der Waals surface area contributed by atoms with E-state index >= 15 is 0 Å². The van der Waals surface area contributed by atoms with Crippen LogP contribution in [-0.4, -0.2) is 17.4 Å². The van der Waals surface area contributed by atoms with Gasteiger partial charge in [0.05, 0.1) is 5.56 Å². The first-order valence-corrected chi connectivity index (χ1v) is 4.28. The third kappa shape index (κ3) is 2.09. The van der Waals surface area contributed by atoms with Crippen molar-refractivity contribution in [2.75, 3.05) is 6.54 Å². The Hall–Kier alpha value is -1.42. The molecule has 1 rings (SSSR count). The third-order valence-corrected chi connectivity index (χ3v) is 1.88. The summed E-state index contributed by atoms with van der Waals surface area (Å²) in [6, 6.07) is 2.63. The number of phenols is 1. The molecule has 0 aromatic heterocycles. The van der Waals surface area contributed by atoms with E-state index in [1.165, 1.54) is 12.1 Å². The number of Topliss-reactive ketones (excluding diaryl/α,β-unsaturated/α-hetero) is 1. The fourth-order valence-electron chi connectivity index (χ4n) is 1.21. The zero-order valence-corrected chi connectivity index (χ0v) is 7.88. The molecule has 3 N–H and O–H groups in total. The molecule has 0 fully saturated rings. The van der Waals surface area contributed by atoms with E-state index < -0.39 is 11.6 Å². The molecule has 0 aliphatic heterocycles. The molecule has 1 aromatic carbocycles. The number of ketones is 1. The minimum Gasteiger partial charge on any atom is -0.504 e. The van der Waals surface area contributed by atoms with Gasteiger partial charge >= 0.3 is 0 Å². The fraction of sp³-hybridized carbons (Fsp3) is 0.300. The van der Waals surface area contributed by atoms with Crippen LogP contribution in [0.4, 0.5) is 4.39 Å². The first-order chi connectivity index (χ1) is 6.56. The maximum Gasteiger partial charge on any atom is 0.167 e. The van der Waals surface area contributed by atoms with Crippen molar-refractivity contribution in [3.63, 3.8) is 0 Å². The van der Waals surface area contributed by atoms with Gasteiger partial charge in [0.2, 0.25) is 0 Å². The summed E-state index contributed by atoms with van der Waals surface area (Å²) in [6.07, 6.45) is 0.108. The second-order valence-electron chi connectivity index (χ2n) is 3.10. The monoisotopic (exact) mass is 197 g/mol. The number of aryl methyl sites for hydroxylation is 1. The topological polar surface area (TPSA) is 63.3 Å². The Bertz CT molecular complexity index is 363. The number of nitrogens with two attached hydrogens (primary N) is 1. The van der Waals surface area contributed by atoms with Gasteiger partial charge in [0.15, 0.2) is 17.3 Å². The summed E-state index contributed by atoms with van der Waals surface area (Å²) in [6.45, 7) is 1.84. The Morgan fingerprint density at radius 3 is 2.79 bits per heavy atom. The van der Waals surface area contributed by atoms with E-state index in [2.05, 4.69) is 0 Å². The van der Waals surface area contributed by atoms with Crippen molar-refractivity contribution < 1.29 is 14.3 Å². The minimum atomic E-state index is -0.773. The second kappa shape index (κ2) is 4.19. The molecule has 0 heterocycles. The number of phenolic OH excluding ortho intramolecular Hbond substituents is 1. The van der Waals surface area contributed by atoms with E-state index in [0.29, 0.717) is 5.56 Å². The highest BCUT2D eigenvalue weighted by atomic mass is 19.1. The molecule has 0 unspecified atom stereocenters. The van der Waals surface area contributed by atoms with Crippen molar-refractivity contribution in [3.05, 3.63) is 29.1 Å². The molecule has 0 atom stereocenters. The summed E-state index contributed by atoms with van der Waals surface area (Å²) >= 11 is 0. The number of benzene rings is 1. The lowest BCUT2D eigenvalue weighted by Crippen LogP contribution is -2.09. The summed E-state index contributed by atoms with van der Waals surface area (Å²) in [5, 5.41) is 9.28. The summed E-state index contributed by atoms with van der Waals surface area (Å²) in [5.74, 6) is -1.70. The van der Waals surface area contributed by atoms with Crippen LogP contribution in [0.2, 0.25) is 0 Å². The third-order valence-electron chi connectivity index (χ3n) is 1.88. The first kappa shape index (κ1) is 10.7. The van der Waals surface area contributed by atoms with Gasteiger partial charge in [0.25, 0.3) is 0 Å². The number of hydrogen-bond acceptors (Lipinski definition) is 3. The summed E-state index contributed by atoms with van der Waals surface area (Å²) in [5.41, 5.74) is 5.80. The molecule has 1 aromatic rings. The normalized spacial score (nSPS) is 10.2. The lowest BCUT2D eigenvalue weighted by molar-refractivity contribution is 0.0982. The Morgan fingerprint density at radius 2 is 2.21 bits per heavy atom.